The van der Waals surface area contributed by atoms with Crippen LogP contribution in [0, 0.1) is 0 Å². The van der Waals surface area contributed by atoms with Gasteiger partial charge in [-0.25, -0.2) is 0 Å². The molecule has 0 saturated heterocycles. The minimum Gasteiger partial charge on any atom is -0.327 e. The molecule has 1 saturated carbocycles. The summed E-state index contributed by atoms with van der Waals surface area (Å²) in [4.78, 5) is 0. The second kappa shape index (κ2) is 4.26. The van der Waals surface area contributed by atoms with Crippen molar-refractivity contribution < 1.29 is 0 Å². The maximum absolute atomic E-state index is 6.20. The largest absolute Gasteiger partial charge is 0.327 e. The molecule has 2 rings (SSSR count). The molecule has 1 unspecified atom stereocenters. The van der Waals surface area contributed by atoms with Crippen LogP contribution in [0.2, 0.25) is 0 Å². The van der Waals surface area contributed by atoms with Crippen molar-refractivity contribution in [1.82, 2.24) is 0 Å². The molecule has 15 heavy (non-hydrogen) atoms. The van der Waals surface area contributed by atoms with E-state index in [1.807, 2.05) is 0 Å². The lowest BCUT2D eigenvalue weighted by molar-refractivity contribution is 0.368. The van der Waals surface area contributed by atoms with Gasteiger partial charge in [0.25, 0.3) is 0 Å². The summed E-state index contributed by atoms with van der Waals surface area (Å²) in [5.74, 6) is 0. The average molecular weight is 268 g/mol. The topological polar surface area (TPSA) is 26.0 Å². The molecule has 0 spiro atoms. The van der Waals surface area contributed by atoms with E-state index in [1.54, 1.807) is 0 Å². The first kappa shape index (κ1) is 11.2. The van der Waals surface area contributed by atoms with Gasteiger partial charge >= 0.3 is 0 Å². The fourth-order valence-corrected chi connectivity index (χ4v) is 3.21. The number of hydrogen-bond acceptors (Lipinski definition) is 1. The molecule has 1 aromatic carbocycles. The molecule has 82 valence electrons. The summed E-state index contributed by atoms with van der Waals surface area (Å²) in [5.41, 5.74) is 7.83. The fraction of sp³-hybridized carbons (Fsp3) is 0.538. The number of halogens is 1. The van der Waals surface area contributed by atoms with Gasteiger partial charge in [0.1, 0.15) is 0 Å². The van der Waals surface area contributed by atoms with Crippen LogP contribution in [0.25, 0.3) is 0 Å². The second-order valence-electron chi connectivity index (χ2n) is 4.66. The molecule has 2 heteroatoms. The molecule has 1 aromatic rings. The molecule has 1 fully saturated rings. The van der Waals surface area contributed by atoms with Crippen molar-refractivity contribution in [1.29, 1.82) is 0 Å². The first-order chi connectivity index (χ1) is 7.15. The zero-order valence-corrected chi connectivity index (χ0v) is 10.8. The Bertz CT molecular complexity index is 340. The van der Waals surface area contributed by atoms with Gasteiger partial charge in [0, 0.05) is 15.9 Å². The molecular weight excluding hydrogens is 250 g/mol. The van der Waals surface area contributed by atoms with E-state index < -0.39 is 0 Å². The van der Waals surface area contributed by atoms with Gasteiger partial charge in [0.15, 0.2) is 0 Å². The van der Waals surface area contributed by atoms with E-state index in [0.717, 1.165) is 4.47 Å². The quantitative estimate of drug-likeness (QED) is 0.871. The third-order valence-electron chi connectivity index (χ3n) is 3.77. The summed E-state index contributed by atoms with van der Waals surface area (Å²) in [6.07, 6.45) is 5.10. The van der Waals surface area contributed by atoms with Crippen LogP contribution in [-0.4, -0.2) is 6.04 Å². The van der Waals surface area contributed by atoms with Crippen LogP contribution in [0.5, 0.6) is 0 Å². The third kappa shape index (κ3) is 1.98. The summed E-state index contributed by atoms with van der Waals surface area (Å²) in [5, 5.41) is 0. The monoisotopic (exact) mass is 267 g/mol. The van der Waals surface area contributed by atoms with E-state index in [2.05, 4.69) is 47.1 Å². The van der Waals surface area contributed by atoms with Gasteiger partial charge in [-0.1, -0.05) is 40.9 Å². The number of hydrogen-bond donors (Lipinski definition) is 1. The van der Waals surface area contributed by atoms with Crippen molar-refractivity contribution in [2.24, 2.45) is 5.73 Å². The van der Waals surface area contributed by atoms with Crippen LogP contribution in [0.3, 0.4) is 0 Å². The minimum atomic E-state index is 0.226. The molecule has 0 heterocycles. The lowest BCUT2D eigenvalue weighted by Gasteiger charge is -2.34. The van der Waals surface area contributed by atoms with Crippen LogP contribution < -0.4 is 5.73 Å². The van der Waals surface area contributed by atoms with Gasteiger partial charge in [0.05, 0.1) is 0 Å². The van der Waals surface area contributed by atoms with E-state index in [1.165, 1.54) is 31.2 Å². The molecule has 0 bridgehead atoms. The number of nitrogens with two attached hydrogens (primary N) is 1. The van der Waals surface area contributed by atoms with E-state index >= 15 is 0 Å². The molecule has 0 amide bonds. The van der Waals surface area contributed by atoms with Crippen LogP contribution >= 0.6 is 15.9 Å². The maximum Gasteiger partial charge on any atom is 0.0178 e. The SMILES string of the molecule is CC(N)C1(c2cccc(Br)c2)CCCC1. The van der Waals surface area contributed by atoms with E-state index in [4.69, 9.17) is 5.73 Å². The molecule has 1 nitrogen and oxygen atoms in total. The molecule has 1 aliphatic rings. The summed E-state index contributed by atoms with van der Waals surface area (Å²) < 4.78 is 1.16. The Morgan fingerprint density at radius 2 is 2.00 bits per heavy atom. The molecule has 1 atom stereocenters. The van der Waals surface area contributed by atoms with Crippen molar-refractivity contribution in [3.05, 3.63) is 34.3 Å². The lowest BCUT2D eigenvalue weighted by atomic mass is 9.74. The predicted octanol–water partition coefficient (Wildman–Crippen LogP) is 3.61. The zero-order chi connectivity index (χ0) is 10.9. The van der Waals surface area contributed by atoms with Gasteiger partial charge in [-0.15, -0.1) is 0 Å². The summed E-state index contributed by atoms with van der Waals surface area (Å²) >= 11 is 3.54. The molecule has 2 N–H and O–H groups in total. The Hall–Kier alpha value is -0.340. The Kier molecular flexibility index (Phi) is 3.17. The Morgan fingerprint density at radius 3 is 2.53 bits per heavy atom. The first-order valence-electron chi connectivity index (χ1n) is 5.67. The van der Waals surface area contributed by atoms with Gasteiger partial charge in [-0.2, -0.15) is 0 Å². The molecule has 0 aliphatic heterocycles. The van der Waals surface area contributed by atoms with Crippen molar-refractivity contribution >= 4 is 15.9 Å². The summed E-state index contributed by atoms with van der Waals surface area (Å²) in [6, 6.07) is 8.89. The number of rotatable bonds is 2. The molecule has 0 radical (unpaired) electrons. The van der Waals surface area contributed by atoms with Crippen molar-refractivity contribution in [3.8, 4) is 0 Å². The minimum absolute atomic E-state index is 0.226. The highest BCUT2D eigenvalue weighted by molar-refractivity contribution is 9.10. The smallest absolute Gasteiger partial charge is 0.0178 e. The highest BCUT2D eigenvalue weighted by atomic mass is 79.9. The third-order valence-corrected chi connectivity index (χ3v) is 4.26. The standard InChI is InChI=1S/C13H18BrN/c1-10(15)13(7-2-3-8-13)11-5-4-6-12(14)9-11/h4-6,9-10H,2-3,7-8,15H2,1H3. The van der Waals surface area contributed by atoms with Crippen LogP contribution in [0.4, 0.5) is 0 Å². The van der Waals surface area contributed by atoms with E-state index in [9.17, 15) is 0 Å². The first-order valence-corrected chi connectivity index (χ1v) is 6.46. The Morgan fingerprint density at radius 1 is 1.33 bits per heavy atom. The van der Waals surface area contributed by atoms with Crippen LogP contribution in [0.15, 0.2) is 28.7 Å². The van der Waals surface area contributed by atoms with Gasteiger partial charge < -0.3 is 5.73 Å². The normalized spacial score (nSPS) is 21.5. The van der Waals surface area contributed by atoms with E-state index in [-0.39, 0.29) is 11.5 Å². The van der Waals surface area contributed by atoms with Gasteiger partial charge in [0.2, 0.25) is 0 Å². The van der Waals surface area contributed by atoms with E-state index in [0.29, 0.717) is 0 Å². The highest BCUT2D eigenvalue weighted by Gasteiger charge is 2.38. The van der Waals surface area contributed by atoms with Crippen LogP contribution in [-0.2, 0) is 5.41 Å². The summed E-state index contributed by atoms with van der Waals surface area (Å²) in [7, 11) is 0. The molecular formula is C13H18BrN. The van der Waals surface area contributed by atoms with Crippen molar-refractivity contribution in [2.75, 3.05) is 0 Å². The maximum atomic E-state index is 6.20. The average Bonchev–Trinajstić information content (AvgIpc) is 2.67. The predicted molar refractivity (Wildman–Crippen MR) is 67.9 cm³/mol. The fourth-order valence-electron chi connectivity index (χ4n) is 2.81. The Labute approximate surface area is 100 Å². The van der Waals surface area contributed by atoms with Crippen molar-refractivity contribution in [2.45, 2.75) is 44.1 Å². The Balaban J connectivity index is 2.41. The van der Waals surface area contributed by atoms with Crippen molar-refractivity contribution in [3.63, 3.8) is 0 Å². The highest BCUT2D eigenvalue weighted by Crippen LogP contribution is 2.43. The van der Waals surface area contributed by atoms with Crippen LogP contribution in [0.1, 0.15) is 38.2 Å². The number of benzene rings is 1. The molecule has 0 aromatic heterocycles. The van der Waals surface area contributed by atoms with Gasteiger partial charge in [-0.05, 0) is 37.5 Å². The zero-order valence-electron chi connectivity index (χ0n) is 9.17. The lowest BCUT2D eigenvalue weighted by Crippen LogP contribution is -2.41. The van der Waals surface area contributed by atoms with Gasteiger partial charge in [-0.3, -0.25) is 0 Å². The second-order valence-corrected chi connectivity index (χ2v) is 5.58. The molecule has 1 aliphatic carbocycles. The summed E-state index contributed by atoms with van der Waals surface area (Å²) in [6.45, 7) is 2.15.